The predicted octanol–water partition coefficient (Wildman–Crippen LogP) is 2.48. The Kier molecular flexibility index (Phi) is 5.69. The number of carbonyl (C=O) groups is 1. The van der Waals surface area contributed by atoms with Crippen molar-refractivity contribution >= 4 is 29.4 Å². The van der Waals surface area contributed by atoms with E-state index in [2.05, 4.69) is 10.5 Å². The largest absolute Gasteiger partial charge is 0.502 e. The summed E-state index contributed by atoms with van der Waals surface area (Å²) in [6.07, 6.45) is 1.10. The molecule has 2 aromatic rings. The highest BCUT2D eigenvalue weighted by molar-refractivity contribution is 6.30. The van der Waals surface area contributed by atoms with Crippen LogP contribution in [0.25, 0.3) is 0 Å². The molecule has 0 saturated heterocycles. The summed E-state index contributed by atoms with van der Waals surface area (Å²) in [5.41, 5.74) is 1.83. The molecule has 0 aliphatic rings. The molecule has 0 aliphatic carbocycles. The number of phenolic OH excluding ortho intramolecular Hbond substituents is 1. The van der Waals surface area contributed by atoms with Gasteiger partial charge in [-0.3, -0.25) is 14.9 Å². The third-order valence-corrected chi connectivity index (χ3v) is 3.04. The maximum atomic E-state index is 11.6. The lowest BCUT2D eigenvalue weighted by Gasteiger charge is -2.05. The van der Waals surface area contributed by atoms with Crippen LogP contribution >= 0.6 is 11.6 Å². The molecule has 0 unspecified atom stereocenters. The average Bonchev–Trinajstić information content (AvgIpc) is 2.54. The van der Waals surface area contributed by atoms with Crippen LogP contribution in [0.4, 0.5) is 5.69 Å². The van der Waals surface area contributed by atoms with Crippen LogP contribution in [0.1, 0.15) is 5.56 Å². The van der Waals surface area contributed by atoms with Crippen molar-refractivity contribution in [3.8, 4) is 11.5 Å². The molecule has 8 nitrogen and oxygen atoms in total. The van der Waals surface area contributed by atoms with Gasteiger partial charge in [0.25, 0.3) is 5.91 Å². The number of phenols is 1. The SMILES string of the molecule is O=C(COc1cccc(Cl)c1)NN=Cc1cccc([N+](=O)[O-])c1O. The van der Waals surface area contributed by atoms with Crippen LogP contribution in [0.2, 0.25) is 5.02 Å². The summed E-state index contributed by atoms with van der Waals surface area (Å²) >= 11 is 5.79. The number of benzene rings is 2. The molecule has 2 rings (SSSR count). The standard InChI is InChI=1S/C15H12ClN3O5/c16-11-4-2-5-12(7-11)24-9-14(20)18-17-8-10-3-1-6-13(15(10)21)19(22)23/h1-8,21H,9H2,(H,18,20). The zero-order valence-corrected chi connectivity index (χ0v) is 12.9. The predicted molar refractivity (Wildman–Crippen MR) is 87.4 cm³/mol. The monoisotopic (exact) mass is 349 g/mol. The summed E-state index contributed by atoms with van der Waals surface area (Å²) in [6, 6.07) is 10.5. The van der Waals surface area contributed by atoms with Crippen LogP contribution in [0.15, 0.2) is 47.6 Å². The minimum atomic E-state index is -0.718. The number of hydrogen-bond acceptors (Lipinski definition) is 6. The van der Waals surface area contributed by atoms with Crippen molar-refractivity contribution < 1.29 is 19.6 Å². The highest BCUT2D eigenvalue weighted by atomic mass is 35.5. The van der Waals surface area contributed by atoms with Crippen molar-refractivity contribution in [2.45, 2.75) is 0 Å². The van der Waals surface area contributed by atoms with Crippen molar-refractivity contribution in [2.24, 2.45) is 5.10 Å². The highest BCUT2D eigenvalue weighted by Crippen LogP contribution is 2.27. The first-order valence-electron chi connectivity index (χ1n) is 6.64. The van der Waals surface area contributed by atoms with Gasteiger partial charge >= 0.3 is 5.69 Å². The van der Waals surface area contributed by atoms with Crippen molar-refractivity contribution in [3.63, 3.8) is 0 Å². The van der Waals surface area contributed by atoms with E-state index in [1.807, 2.05) is 0 Å². The lowest BCUT2D eigenvalue weighted by Crippen LogP contribution is -2.24. The Morgan fingerprint density at radius 1 is 1.38 bits per heavy atom. The van der Waals surface area contributed by atoms with Crippen molar-refractivity contribution in [2.75, 3.05) is 6.61 Å². The summed E-state index contributed by atoms with van der Waals surface area (Å²) in [7, 11) is 0. The van der Waals surface area contributed by atoms with Crippen LogP contribution in [-0.2, 0) is 4.79 Å². The molecule has 2 N–H and O–H groups in total. The van der Waals surface area contributed by atoms with Gasteiger partial charge in [0.15, 0.2) is 6.61 Å². The van der Waals surface area contributed by atoms with Gasteiger partial charge in [-0.15, -0.1) is 0 Å². The summed E-state index contributed by atoms with van der Waals surface area (Å²) < 4.78 is 5.22. The molecule has 0 fully saturated rings. The quantitative estimate of drug-likeness (QED) is 0.472. The number of ether oxygens (including phenoxy) is 1. The average molecular weight is 350 g/mol. The fourth-order valence-electron chi connectivity index (χ4n) is 1.71. The third kappa shape index (κ3) is 4.68. The van der Waals surface area contributed by atoms with Crippen LogP contribution in [0.3, 0.4) is 0 Å². The van der Waals surface area contributed by atoms with Gasteiger partial charge in [0.1, 0.15) is 5.75 Å². The van der Waals surface area contributed by atoms with Crippen LogP contribution < -0.4 is 10.2 Å². The molecule has 9 heteroatoms. The van der Waals surface area contributed by atoms with Gasteiger partial charge in [0.2, 0.25) is 5.75 Å². The van der Waals surface area contributed by atoms with Crippen LogP contribution in [-0.4, -0.2) is 28.8 Å². The number of rotatable bonds is 6. The number of nitro groups is 1. The van der Waals surface area contributed by atoms with E-state index in [1.54, 1.807) is 24.3 Å². The number of nitro benzene ring substituents is 1. The molecule has 0 bridgehead atoms. The number of nitrogens with zero attached hydrogens (tertiary/aromatic N) is 2. The number of para-hydroxylation sites is 1. The Balaban J connectivity index is 1.91. The van der Waals surface area contributed by atoms with Gasteiger partial charge in [-0.05, 0) is 24.3 Å². The lowest BCUT2D eigenvalue weighted by atomic mass is 10.2. The molecular formula is C15H12ClN3O5. The molecule has 0 heterocycles. The first-order valence-corrected chi connectivity index (χ1v) is 7.02. The van der Waals surface area contributed by atoms with Crippen molar-refractivity contribution in [3.05, 3.63) is 63.2 Å². The van der Waals surface area contributed by atoms with Crippen molar-refractivity contribution in [1.82, 2.24) is 5.43 Å². The van der Waals surface area contributed by atoms with E-state index in [0.717, 1.165) is 12.3 Å². The lowest BCUT2D eigenvalue weighted by molar-refractivity contribution is -0.385. The number of hydrogen-bond donors (Lipinski definition) is 2. The second kappa shape index (κ2) is 7.93. The van der Waals surface area contributed by atoms with E-state index in [9.17, 15) is 20.0 Å². The van der Waals surface area contributed by atoms with Gasteiger partial charge in [-0.25, -0.2) is 5.43 Å². The fraction of sp³-hybridized carbons (Fsp3) is 0.0667. The zero-order chi connectivity index (χ0) is 17.5. The highest BCUT2D eigenvalue weighted by Gasteiger charge is 2.15. The van der Waals surface area contributed by atoms with E-state index < -0.39 is 22.3 Å². The topological polar surface area (TPSA) is 114 Å². The molecule has 2 aromatic carbocycles. The fourth-order valence-corrected chi connectivity index (χ4v) is 1.89. The first-order chi connectivity index (χ1) is 11.5. The maximum absolute atomic E-state index is 11.6. The van der Waals surface area contributed by atoms with Gasteiger partial charge in [0.05, 0.1) is 11.1 Å². The van der Waals surface area contributed by atoms with Crippen LogP contribution in [0, 0.1) is 10.1 Å². The number of aromatic hydroxyl groups is 1. The van der Waals surface area contributed by atoms with Crippen molar-refractivity contribution in [1.29, 1.82) is 0 Å². The number of carbonyl (C=O) groups excluding carboxylic acids is 1. The molecule has 124 valence electrons. The molecule has 0 aromatic heterocycles. The van der Waals surface area contributed by atoms with E-state index in [-0.39, 0.29) is 12.2 Å². The summed E-state index contributed by atoms with van der Waals surface area (Å²) in [6.45, 7) is -0.293. The number of hydrazone groups is 1. The van der Waals surface area contributed by atoms with Gasteiger partial charge in [0, 0.05) is 16.7 Å². The smallest absolute Gasteiger partial charge is 0.311 e. The van der Waals surface area contributed by atoms with Gasteiger partial charge in [-0.2, -0.15) is 5.10 Å². The minimum absolute atomic E-state index is 0.0975. The normalized spacial score (nSPS) is 10.5. The third-order valence-electron chi connectivity index (χ3n) is 2.80. The number of nitrogens with one attached hydrogen (secondary N) is 1. The molecule has 0 spiro atoms. The molecule has 0 atom stereocenters. The Hall–Kier alpha value is -3.13. The Bertz CT molecular complexity index is 794. The van der Waals surface area contributed by atoms with E-state index in [4.69, 9.17) is 16.3 Å². The maximum Gasteiger partial charge on any atom is 0.311 e. The molecule has 0 saturated carbocycles. The van der Waals surface area contributed by atoms with Gasteiger partial charge < -0.3 is 9.84 Å². The Morgan fingerprint density at radius 3 is 2.83 bits per heavy atom. The van der Waals surface area contributed by atoms with Gasteiger partial charge in [-0.1, -0.05) is 23.7 Å². The summed E-state index contributed by atoms with van der Waals surface area (Å²) in [5, 5.41) is 24.5. The molecular weight excluding hydrogens is 338 g/mol. The Labute approximate surface area is 141 Å². The molecule has 24 heavy (non-hydrogen) atoms. The number of amides is 1. The Morgan fingerprint density at radius 2 is 2.12 bits per heavy atom. The summed E-state index contributed by atoms with van der Waals surface area (Å²) in [5.74, 6) is -0.648. The first kappa shape index (κ1) is 17.2. The second-order valence-electron chi connectivity index (χ2n) is 4.51. The molecule has 1 amide bonds. The van der Waals surface area contributed by atoms with E-state index in [1.165, 1.54) is 12.1 Å². The molecule has 0 aliphatic heterocycles. The van der Waals surface area contributed by atoms with Crippen LogP contribution in [0.5, 0.6) is 11.5 Å². The van der Waals surface area contributed by atoms with E-state index in [0.29, 0.717) is 10.8 Å². The second-order valence-corrected chi connectivity index (χ2v) is 4.95. The molecule has 0 radical (unpaired) electrons. The summed E-state index contributed by atoms with van der Waals surface area (Å²) in [4.78, 5) is 21.6. The zero-order valence-electron chi connectivity index (χ0n) is 12.2. The van der Waals surface area contributed by atoms with E-state index >= 15 is 0 Å². The minimum Gasteiger partial charge on any atom is -0.502 e. The number of halogens is 1.